The van der Waals surface area contributed by atoms with Crippen LogP contribution >= 0.6 is 0 Å². The molecule has 1 nitrogen and oxygen atoms in total. The van der Waals surface area contributed by atoms with Gasteiger partial charge in [0.15, 0.2) is 0 Å². The molecule has 0 bridgehead atoms. The zero-order chi connectivity index (χ0) is 15.7. The van der Waals surface area contributed by atoms with Crippen molar-refractivity contribution in [3.63, 3.8) is 0 Å². The Morgan fingerprint density at radius 2 is 1.86 bits per heavy atom. The molecule has 0 aliphatic heterocycles. The van der Waals surface area contributed by atoms with Crippen molar-refractivity contribution >= 4 is 0 Å². The summed E-state index contributed by atoms with van der Waals surface area (Å²) in [6.07, 6.45) is 5.19. The van der Waals surface area contributed by atoms with E-state index in [-0.39, 0.29) is 0 Å². The molecule has 1 fully saturated rings. The molecule has 1 aromatic carbocycles. The lowest BCUT2D eigenvalue weighted by Crippen LogP contribution is -2.47. The van der Waals surface area contributed by atoms with Gasteiger partial charge in [-0.05, 0) is 56.3 Å². The SMILES string of the molecule is CCc1ccc(C)cc1C1(CN(C)CC)CCCC1(C)C. The molecule has 0 heterocycles. The second-order valence-electron chi connectivity index (χ2n) is 7.66. The molecule has 0 N–H and O–H groups in total. The van der Waals surface area contributed by atoms with Crippen molar-refractivity contribution in [1.29, 1.82) is 0 Å². The summed E-state index contributed by atoms with van der Waals surface area (Å²) in [6.45, 7) is 14.1. The number of hydrogen-bond donors (Lipinski definition) is 0. The average Bonchev–Trinajstić information content (AvgIpc) is 2.74. The first-order chi connectivity index (χ1) is 9.86. The largest absolute Gasteiger partial charge is 0.306 e. The topological polar surface area (TPSA) is 3.24 Å². The van der Waals surface area contributed by atoms with Crippen LogP contribution in [0.15, 0.2) is 18.2 Å². The third-order valence-corrected chi connectivity index (χ3v) is 5.94. The van der Waals surface area contributed by atoms with Crippen molar-refractivity contribution in [3.05, 3.63) is 34.9 Å². The highest BCUT2D eigenvalue weighted by Gasteiger charge is 2.50. The molecule has 1 aliphatic rings. The summed E-state index contributed by atoms with van der Waals surface area (Å²) in [6, 6.07) is 7.13. The quantitative estimate of drug-likeness (QED) is 0.740. The molecule has 0 radical (unpaired) electrons. The maximum absolute atomic E-state index is 2.51. The molecule has 1 atom stereocenters. The predicted octanol–water partition coefficient (Wildman–Crippen LogP) is 4.96. The summed E-state index contributed by atoms with van der Waals surface area (Å²) in [5, 5.41) is 0. The van der Waals surface area contributed by atoms with E-state index in [1.807, 2.05) is 0 Å². The average molecular weight is 287 g/mol. The Morgan fingerprint density at radius 3 is 2.38 bits per heavy atom. The fraction of sp³-hybridized carbons (Fsp3) is 0.700. The molecule has 0 spiro atoms. The van der Waals surface area contributed by atoms with E-state index in [2.05, 4.69) is 64.8 Å². The van der Waals surface area contributed by atoms with Crippen LogP contribution in [-0.2, 0) is 11.8 Å². The molecule has 2 rings (SSSR count). The Bertz CT molecular complexity index is 489. The van der Waals surface area contributed by atoms with Crippen molar-refractivity contribution < 1.29 is 0 Å². The minimum atomic E-state index is 0.315. The van der Waals surface area contributed by atoms with Gasteiger partial charge in [0.05, 0.1) is 0 Å². The first kappa shape index (κ1) is 16.5. The fourth-order valence-corrected chi connectivity index (χ4v) is 4.30. The van der Waals surface area contributed by atoms with Gasteiger partial charge in [0, 0.05) is 12.0 Å². The number of hydrogen-bond acceptors (Lipinski definition) is 1. The lowest BCUT2D eigenvalue weighted by atomic mass is 9.62. The number of rotatable bonds is 5. The summed E-state index contributed by atoms with van der Waals surface area (Å²) in [5.74, 6) is 0. The van der Waals surface area contributed by atoms with E-state index in [0.717, 1.165) is 13.0 Å². The summed E-state index contributed by atoms with van der Waals surface area (Å²) in [7, 11) is 2.28. The van der Waals surface area contributed by atoms with E-state index in [1.54, 1.807) is 11.1 Å². The van der Waals surface area contributed by atoms with Crippen molar-refractivity contribution in [2.45, 2.75) is 65.7 Å². The molecule has 0 amide bonds. The van der Waals surface area contributed by atoms with Crippen LogP contribution in [0.25, 0.3) is 0 Å². The van der Waals surface area contributed by atoms with E-state index >= 15 is 0 Å². The molecule has 1 aromatic rings. The van der Waals surface area contributed by atoms with Gasteiger partial charge in [0.2, 0.25) is 0 Å². The van der Waals surface area contributed by atoms with Gasteiger partial charge in [0.1, 0.15) is 0 Å². The van der Waals surface area contributed by atoms with Crippen LogP contribution in [0.4, 0.5) is 0 Å². The van der Waals surface area contributed by atoms with E-state index in [9.17, 15) is 0 Å². The van der Waals surface area contributed by atoms with Crippen LogP contribution in [0.1, 0.15) is 63.6 Å². The maximum Gasteiger partial charge on any atom is 0.0134 e. The standard InChI is InChI=1S/C20H33N/c1-7-17-11-10-16(3)14-18(17)20(15-21(6)8-2)13-9-12-19(20,4)5/h10-11,14H,7-9,12-13,15H2,1-6H3. The Balaban J connectivity index is 2.58. The smallest absolute Gasteiger partial charge is 0.0134 e. The lowest BCUT2D eigenvalue weighted by molar-refractivity contribution is 0.141. The van der Waals surface area contributed by atoms with Gasteiger partial charge in [-0.15, -0.1) is 0 Å². The Labute approximate surface area is 131 Å². The van der Waals surface area contributed by atoms with Crippen LogP contribution in [0.3, 0.4) is 0 Å². The van der Waals surface area contributed by atoms with Gasteiger partial charge >= 0.3 is 0 Å². The highest BCUT2D eigenvalue weighted by molar-refractivity contribution is 5.41. The Morgan fingerprint density at radius 1 is 1.14 bits per heavy atom. The first-order valence-corrected chi connectivity index (χ1v) is 8.65. The monoisotopic (exact) mass is 287 g/mol. The zero-order valence-corrected chi connectivity index (χ0v) is 14.9. The third-order valence-electron chi connectivity index (χ3n) is 5.94. The zero-order valence-electron chi connectivity index (χ0n) is 14.9. The first-order valence-electron chi connectivity index (χ1n) is 8.65. The number of likely N-dealkylation sites (N-methyl/N-ethyl adjacent to an activating group) is 1. The summed E-state index contributed by atoms with van der Waals surface area (Å²) in [5.41, 5.74) is 5.29. The van der Waals surface area contributed by atoms with Crippen molar-refractivity contribution in [3.8, 4) is 0 Å². The number of aryl methyl sites for hydroxylation is 2. The van der Waals surface area contributed by atoms with E-state index in [4.69, 9.17) is 0 Å². The minimum Gasteiger partial charge on any atom is -0.306 e. The van der Waals surface area contributed by atoms with Gasteiger partial charge in [-0.2, -0.15) is 0 Å². The van der Waals surface area contributed by atoms with Crippen molar-refractivity contribution in [2.75, 3.05) is 20.1 Å². The highest BCUT2D eigenvalue weighted by Crippen LogP contribution is 2.55. The van der Waals surface area contributed by atoms with Gasteiger partial charge in [-0.25, -0.2) is 0 Å². The molecular weight excluding hydrogens is 254 g/mol. The van der Waals surface area contributed by atoms with Crippen molar-refractivity contribution in [1.82, 2.24) is 4.90 Å². The van der Waals surface area contributed by atoms with Gasteiger partial charge in [-0.3, -0.25) is 0 Å². The Hall–Kier alpha value is -0.820. The highest BCUT2D eigenvalue weighted by atomic mass is 15.1. The van der Waals surface area contributed by atoms with Crippen molar-refractivity contribution in [2.24, 2.45) is 5.41 Å². The van der Waals surface area contributed by atoms with Gasteiger partial charge in [0.25, 0.3) is 0 Å². The number of benzene rings is 1. The van der Waals surface area contributed by atoms with E-state index < -0.39 is 0 Å². The van der Waals surface area contributed by atoms with Crippen LogP contribution in [0.2, 0.25) is 0 Å². The normalized spacial score (nSPS) is 24.7. The molecule has 118 valence electrons. The minimum absolute atomic E-state index is 0.315. The van der Waals surface area contributed by atoms with Crippen LogP contribution in [-0.4, -0.2) is 25.0 Å². The van der Waals surface area contributed by atoms with Crippen LogP contribution in [0.5, 0.6) is 0 Å². The van der Waals surface area contributed by atoms with E-state index in [0.29, 0.717) is 10.8 Å². The van der Waals surface area contributed by atoms with Gasteiger partial charge in [-0.1, -0.05) is 57.9 Å². The third kappa shape index (κ3) is 2.90. The molecule has 1 heteroatoms. The lowest BCUT2D eigenvalue weighted by Gasteiger charge is -2.46. The molecular formula is C20H33N. The second-order valence-corrected chi connectivity index (χ2v) is 7.66. The molecule has 0 saturated heterocycles. The number of nitrogens with zero attached hydrogens (tertiary/aromatic N) is 1. The predicted molar refractivity (Wildman–Crippen MR) is 93.0 cm³/mol. The molecule has 0 aromatic heterocycles. The fourth-order valence-electron chi connectivity index (χ4n) is 4.30. The Kier molecular flexibility index (Phi) is 4.82. The summed E-state index contributed by atoms with van der Waals surface area (Å²) >= 11 is 0. The molecule has 1 aliphatic carbocycles. The van der Waals surface area contributed by atoms with E-state index in [1.165, 1.54) is 31.4 Å². The second kappa shape index (κ2) is 6.12. The summed E-state index contributed by atoms with van der Waals surface area (Å²) < 4.78 is 0. The van der Waals surface area contributed by atoms with Crippen LogP contribution < -0.4 is 0 Å². The molecule has 1 saturated carbocycles. The van der Waals surface area contributed by atoms with Gasteiger partial charge < -0.3 is 4.90 Å². The molecule has 1 unspecified atom stereocenters. The summed E-state index contributed by atoms with van der Waals surface area (Å²) in [4.78, 5) is 2.51. The van der Waals surface area contributed by atoms with Crippen LogP contribution in [0, 0.1) is 12.3 Å². The maximum atomic E-state index is 2.51. The molecule has 21 heavy (non-hydrogen) atoms.